The fourth-order valence-electron chi connectivity index (χ4n) is 1.38. The third-order valence-corrected chi connectivity index (χ3v) is 2.55. The number of nitrogens with zero attached hydrogens (tertiary/aromatic N) is 3. The minimum atomic E-state index is 0.417. The number of halogens is 1. The predicted molar refractivity (Wildman–Crippen MR) is 66.4 cm³/mol. The molecule has 0 atom stereocenters. The zero-order valence-corrected chi connectivity index (χ0v) is 9.98. The minimum absolute atomic E-state index is 0.417. The van der Waals surface area contributed by atoms with E-state index in [-0.39, 0.29) is 0 Å². The van der Waals surface area contributed by atoms with E-state index in [0.717, 1.165) is 10.0 Å². The first-order valence-electron chi connectivity index (χ1n) is 4.57. The second-order valence-electron chi connectivity index (χ2n) is 3.20. The number of pyridine rings is 1. The zero-order valence-electron chi connectivity index (χ0n) is 8.39. The van der Waals surface area contributed by atoms with Gasteiger partial charge in [-0.3, -0.25) is 4.98 Å². The Balaban J connectivity index is 2.46. The first-order valence-corrected chi connectivity index (χ1v) is 5.36. The number of nitrogens with two attached hydrogens (primary N) is 1. The Morgan fingerprint density at radius 1 is 1.50 bits per heavy atom. The molecule has 0 aliphatic carbocycles. The van der Waals surface area contributed by atoms with E-state index < -0.39 is 0 Å². The van der Waals surface area contributed by atoms with Gasteiger partial charge in [-0.1, -0.05) is 5.92 Å². The first-order chi connectivity index (χ1) is 7.72. The topological polar surface area (TPSA) is 56.7 Å². The molecule has 2 aromatic heterocycles. The number of terminal acetylenes is 1. The normalized spacial score (nSPS) is 10.0. The van der Waals surface area contributed by atoms with Crippen molar-refractivity contribution in [3.63, 3.8) is 0 Å². The molecule has 80 valence electrons. The van der Waals surface area contributed by atoms with Crippen molar-refractivity contribution in [3.8, 4) is 23.6 Å². The molecule has 0 radical (unpaired) electrons. The lowest BCUT2D eigenvalue weighted by Gasteiger charge is -2.01. The molecule has 0 bridgehead atoms. The summed E-state index contributed by atoms with van der Waals surface area (Å²) in [6.45, 7) is 0.417. The largest absolute Gasteiger partial charge is 0.383 e. The lowest BCUT2D eigenvalue weighted by atomic mass is 10.2. The summed E-state index contributed by atoms with van der Waals surface area (Å²) >= 11 is 3.35. The van der Waals surface area contributed by atoms with Crippen molar-refractivity contribution >= 4 is 21.7 Å². The molecular formula is C11H9BrN4. The molecule has 0 aliphatic rings. The third-order valence-electron chi connectivity index (χ3n) is 2.12. The standard InChI is InChI=1S/C11H9BrN4/c1-2-3-16-7-15-10(11(16)13)8-4-9(12)6-14-5-8/h1,4-7H,3,13H2. The smallest absolute Gasteiger partial charge is 0.132 e. The van der Waals surface area contributed by atoms with E-state index in [1.54, 1.807) is 23.3 Å². The number of rotatable bonds is 2. The number of hydrogen-bond donors (Lipinski definition) is 1. The molecule has 16 heavy (non-hydrogen) atoms. The van der Waals surface area contributed by atoms with E-state index in [1.807, 2.05) is 6.07 Å². The van der Waals surface area contributed by atoms with Crippen LogP contribution in [-0.4, -0.2) is 14.5 Å². The highest BCUT2D eigenvalue weighted by Gasteiger charge is 2.09. The Labute approximate surface area is 102 Å². The molecule has 0 saturated carbocycles. The van der Waals surface area contributed by atoms with Crippen LogP contribution in [0.5, 0.6) is 0 Å². The number of imidazole rings is 1. The summed E-state index contributed by atoms with van der Waals surface area (Å²) in [5.41, 5.74) is 7.50. The molecule has 0 aliphatic heterocycles. The molecule has 2 rings (SSSR count). The van der Waals surface area contributed by atoms with E-state index in [1.165, 1.54) is 0 Å². The van der Waals surface area contributed by atoms with Gasteiger partial charge in [0, 0.05) is 22.4 Å². The summed E-state index contributed by atoms with van der Waals surface area (Å²) in [6, 6.07) is 1.91. The molecule has 2 heterocycles. The highest BCUT2D eigenvalue weighted by molar-refractivity contribution is 9.10. The Kier molecular flexibility index (Phi) is 2.93. The number of aromatic nitrogens is 3. The summed E-state index contributed by atoms with van der Waals surface area (Å²) < 4.78 is 2.60. The van der Waals surface area contributed by atoms with Crippen molar-refractivity contribution in [1.29, 1.82) is 0 Å². The van der Waals surface area contributed by atoms with Crippen LogP contribution in [0.2, 0.25) is 0 Å². The first kappa shape index (κ1) is 10.7. The average Bonchev–Trinajstić information content (AvgIpc) is 2.61. The molecule has 0 unspecified atom stereocenters. The van der Waals surface area contributed by atoms with Gasteiger partial charge in [0.05, 0.1) is 12.9 Å². The van der Waals surface area contributed by atoms with E-state index in [4.69, 9.17) is 12.2 Å². The van der Waals surface area contributed by atoms with Crippen LogP contribution in [-0.2, 0) is 6.54 Å². The van der Waals surface area contributed by atoms with Crippen molar-refractivity contribution in [2.45, 2.75) is 6.54 Å². The summed E-state index contributed by atoms with van der Waals surface area (Å²) in [4.78, 5) is 8.29. The van der Waals surface area contributed by atoms with Crippen LogP contribution < -0.4 is 5.73 Å². The second kappa shape index (κ2) is 4.37. The summed E-state index contributed by atoms with van der Waals surface area (Å²) in [6.07, 6.45) is 10.3. The van der Waals surface area contributed by atoms with Gasteiger partial charge >= 0.3 is 0 Å². The van der Waals surface area contributed by atoms with Gasteiger partial charge in [0.1, 0.15) is 11.5 Å². The maximum absolute atomic E-state index is 5.93. The lowest BCUT2D eigenvalue weighted by molar-refractivity contribution is 0.852. The maximum atomic E-state index is 5.93. The quantitative estimate of drug-likeness (QED) is 0.853. The molecule has 4 nitrogen and oxygen atoms in total. The van der Waals surface area contributed by atoms with Gasteiger partial charge in [-0.25, -0.2) is 4.98 Å². The highest BCUT2D eigenvalue weighted by atomic mass is 79.9. The van der Waals surface area contributed by atoms with Crippen molar-refractivity contribution < 1.29 is 0 Å². The summed E-state index contributed by atoms with van der Waals surface area (Å²) in [5, 5.41) is 0. The van der Waals surface area contributed by atoms with Crippen molar-refractivity contribution in [1.82, 2.24) is 14.5 Å². The van der Waals surface area contributed by atoms with E-state index in [9.17, 15) is 0 Å². The van der Waals surface area contributed by atoms with Crippen LogP contribution in [0.1, 0.15) is 0 Å². The zero-order chi connectivity index (χ0) is 11.5. The molecule has 0 amide bonds. The van der Waals surface area contributed by atoms with Crippen LogP contribution in [0.25, 0.3) is 11.3 Å². The van der Waals surface area contributed by atoms with Crippen LogP contribution in [0, 0.1) is 12.3 Å². The fourth-order valence-corrected chi connectivity index (χ4v) is 1.74. The Hall–Kier alpha value is -1.80. The number of hydrogen-bond acceptors (Lipinski definition) is 3. The van der Waals surface area contributed by atoms with Crippen LogP contribution in [0.3, 0.4) is 0 Å². The third kappa shape index (κ3) is 1.92. The monoisotopic (exact) mass is 276 g/mol. The average molecular weight is 277 g/mol. The second-order valence-corrected chi connectivity index (χ2v) is 4.12. The molecular weight excluding hydrogens is 268 g/mol. The molecule has 0 spiro atoms. The lowest BCUT2D eigenvalue weighted by Crippen LogP contribution is -2.00. The number of nitrogen functional groups attached to an aromatic ring is 1. The van der Waals surface area contributed by atoms with Gasteiger partial charge < -0.3 is 10.3 Å². The van der Waals surface area contributed by atoms with Crippen molar-refractivity contribution in [2.24, 2.45) is 0 Å². The van der Waals surface area contributed by atoms with E-state index in [0.29, 0.717) is 18.1 Å². The van der Waals surface area contributed by atoms with Crippen LogP contribution in [0.4, 0.5) is 5.82 Å². The van der Waals surface area contributed by atoms with E-state index in [2.05, 4.69) is 31.8 Å². The van der Waals surface area contributed by atoms with Crippen molar-refractivity contribution in [2.75, 3.05) is 5.73 Å². The van der Waals surface area contributed by atoms with Gasteiger partial charge in [0.15, 0.2) is 0 Å². The molecule has 2 N–H and O–H groups in total. The van der Waals surface area contributed by atoms with Crippen molar-refractivity contribution in [3.05, 3.63) is 29.3 Å². The van der Waals surface area contributed by atoms with Crippen LogP contribution in [0.15, 0.2) is 29.3 Å². The Morgan fingerprint density at radius 3 is 3.00 bits per heavy atom. The molecule has 5 heteroatoms. The molecule has 0 fully saturated rings. The fraction of sp³-hybridized carbons (Fsp3) is 0.0909. The summed E-state index contributed by atoms with van der Waals surface area (Å²) in [7, 11) is 0. The molecule has 0 saturated heterocycles. The van der Waals surface area contributed by atoms with Gasteiger partial charge in [-0.15, -0.1) is 6.42 Å². The molecule has 2 aromatic rings. The van der Waals surface area contributed by atoms with E-state index >= 15 is 0 Å². The van der Waals surface area contributed by atoms with Crippen LogP contribution >= 0.6 is 15.9 Å². The highest BCUT2D eigenvalue weighted by Crippen LogP contribution is 2.25. The maximum Gasteiger partial charge on any atom is 0.132 e. The van der Waals surface area contributed by atoms with Gasteiger partial charge in [-0.2, -0.15) is 0 Å². The predicted octanol–water partition coefficient (Wildman–Crippen LogP) is 1.92. The number of anilines is 1. The SMILES string of the molecule is C#CCn1cnc(-c2cncc(Br)c2)c1N. The Bertz CT molecular complexity index is 553. The minimum Gasteiger partial charge on any atom is -0.383 e. The van der Waals surface area contributed by atoms with Gasteiger partial charge in [0.25, 0.3) is 0 Å². The Morgan fingerprint density at radius 2 is 2.31 bits per heavy atom. The molecule has 0 aromatic carbocycles. The summed E-state index contributed by atoms with van der Waals surface area (Å²) in [5.74, 6) is 3.07. The van der Waals surface area contributed by atoms with Gasteiger partial charge in [0.2, 0.25) is 0 Å². The van der Waals surface area contributed by atoms with Gasteiger partial charge in [-0.05, 0) is 22.0 Å².